The van der Waals surface area contributed by atoms with Gasteiger partial charge in [-0.15, -0.1) is 0 Å². The van der Waals surface area contributed by atoms with Crippen molar-refractivity contribution < 1.29 is 0 Å². The number of nitrogens with one attached hydrogen (secondary N) is 1. The van der Waals surface area contributed by atoms with Gasteiger partial charge in [0.05, 0.1) is 5.69 Å². The predicted octanol–water partition coefficient (Wildman–Crippen LogP) is 2.22. The molecule has 0 spiro atoms. The van der Waals surface area contributed by atoms with Gasteiger partial charge >= 0.3 is 0 Å². The van der Waals surface area contributed by atoms with Gasteiger partial charge in [-0.1, -0.05) is 0 Å². The van der Waals surface area contributed by atoms with Gasteiger partial charge in [-0.2, -0.15) is 5.26 Å². The summed E-state index contributed by atoms with van der Waals surface area (Å²) < 4.78 is 0.895. The van der Waals surface area contributed by atoms with Crippen LogP contribution in [0.5, 0.6) is 0 Å². The Morgan fingerprint density at radius 3 is 2.88 bits per heavy atom. The molecule has 2 rings (SSSR count). The Bertz CT molecular complexity index is 433. The van der Waals surface area contributed by atoms with Crippen molar-refractivity contribution in [1.29, 1.82) is 5.26 Å². The van der Waals surface area contributed by atoms with Gasteiger partial charge in [0.15, 0.2) is 5.69 Å². The van der Waals surface area contributed by atoms with Crippen LogP contribution in [0.3, 0.4) is 0 Å². The molecule has 1 saturated heterocycles. The second-order valence-corrected chi connectivity index (χ2v) is 5.30. The first-order valence-electron chi connectivity index (χ1n) is 5.70. The summed E-state index contributed by atoms with van der Waals surface area (Å²) in [5, 5.41) is 12.4. The summed E-state index contributed by atoms with van der Waals surface area (Å²) in [5.74, 6) is 0. The van der Waals surface area contributed by atoms with E-state index in [4.69, 9.17) is 5.26 Å². The molecule has 5 heteroatoms. The lowest BCUT2D eigenvalue weighted by atomic mass is 10.1. The smallest absolute Gasteiger partial charge is 0.163 e. The Labute approximate surface area is 110 Å². The Balaban J connectivity index is 2.08. The molecule has 4 nitrogen and oxygen atoms in total. The maximum Gasteiger partial charge on any atom is 0.163 e. The molecular formula is C12H15BrN4. The van der Waals surface area contributed by atoms with E-state index in [1.54, 1.807) is 6.20 Å². The van der Waals surface area contributed by atoms with Crippen LogP contribution in [0.25, 0.3) is 0 Å². The minimum atomic E-state index is 0.439. The third-order valence-corrected chi connectivity index (χ3v) is 3.47. The lowest BCUT2D eigenvalue weighted by Gasteiger charge is -2.30. The fourth-order valence-corrected chi connectivity index (χ4v) is 2.34. The molecule has 0 atom stereocenters. The number of piperidine rings is 1. The van der Waals surface area contributed by atoms with Gasteiger partial charge in [0, 0.05) is 16.7 Å². The second kappa shape index (κ2) is 5.48. The van der Waals surface area contributed by atoms with Crippen molar-refractivity contribution in [3.63, 3.8) is 0 Å². The molecule has 1 aliphatic heterocycles. The summed E-state index contributed by atoms with van der Waals surface area (Å²) in [4.78, 5) is 6.42. The maximum atomic E-state index is 9.00. The highest BCUT2D eigenvalue weighted by atomic mass is 79.9. The van der Waals surface area contributed by atoms with Gasteiger partial charge in [0.2, 0.25) is 0 Å². The van der Waals surface area contributed by atoms with Crippen LogP contribution in [0.2, 0.25) is 0 Å². The fourth-order valence-electron chi connectivity index (χ4n) is 2.01. The number of hydrogen-bond donors (Lipinski definition) is 1. The SMILES string of the molecule is CN1CCC(Nc2cc(Br)cnc2C#N)CC1. The molecule has 2 heterocycles. The standard InChI is InChI=1S/C12H15BrN4/c1-17-4-2-10(3-5-17)16-11-6-9(13)8-15-12(11)7-14/h6,8,10,16H,2-5H2,1H3. The third-order valence-electron chi connectivity index (χ3n) is 3.04. The van der Waals surface area contributed by atoms with Crippen molar-refractivity contribution in [3.05, 3.63) is 22.4 Å². The quantitative estimate of drug-likeness (QED) is 0.909. The van der Waals surface area contributed by atoms with Crippen molar-refractivity contribution in [2.24, 2.45) is 0 Å². The van der Waals surface area contributed by atoms with E-state index in [2.05, 4.69) is 44.2 Å². The number of rotatable bonds is 2. The number of anilines is 1. The molecule has 1 N–H and O–H groups in total. The molecule has 1 aliphatic rings. The number of halogens is 1. The summed E-state index contributed by atoms with van der Waals surface area (Å²) in [6, 6.07) is 4.48. The molecule has 0 amide bonds. The Kier molecular flexibility index (Phi) is 3.97. The van der Waals surface area contributed by atoms with Crippen LogP contribution < -0.4 is 5.32 Å². The van der Waals surface area contributed by atoms with Gasteiger partial charge in [-0.25, -0.2) is 4.98 Å². The van der Waals surface area contributed by atoms with Crippen LogP contribution in [0.4, 0.5) is 5.69 Å². The van der Waals surface area contributed by atoms with Gasteiger partial charge in [-0.05, 0) is 55.0 Å². The highest BCUT2D eigenvalue weighted by molar-refractivity contribution is 9.10. The maximum absolute atomic E-state index is 9.00. The third kappa shape index (κ3) is 3.18. The van der Waals surface area contributed by atoms with E-state index in [1.165, 1.54) is 0 Å². The van der Waals surface area contributed by atoms with Crippen LogP contribution in [-0.2, 0) is 0 Å². The zero-order valence-corrected chi connectivity index (χ0v) is 11.4. The molecule has 0 unspecified atom stereocenters. The molecule has 0 saturated carbocycles. The van der Waals surface area contributed by atoms with Crippen molar-refractivity contribution in [3.8, 4) is 6.07 Å². The van der Waals surface area contributed by atoms with E-state index < -0.39 is 0 Å². The van der Waals surface area contributed by atoms with E-state index >= 15 is 0 Å². The van der Waals surface area contributed by atoms with Crippen molar-refractivity contribution in [1.82, 2.24) is 9.88 Å². The van der Waals surface area contributed by atoms with E-state index in [-0.39, 0.29) is 0 Å². The molecule has 90 valence electrons. The second-order valence-electron chi connectivity index (χ2n) is 4.38. The predicted molar refractivity (Wildman–Crippen MR) is 70.8 cm³/mol. The van der Waals surface area contributed by atoms with Crippen molar-refractivity contribution >= 4 is 21.6 Å². The van der Waals surface area contributed by atoms with Gasteiger partial charge in [0.1, 0.15) is 6.07 Å². The molecule has 17 heavy (non-hydrogen) atoms. The number of pyridine rings is 1. The summed E-state index contributed by atoms with van der Waals surface area (Å²) >= 11 is 3.38. The number of hydrogen-bond acceptors (Lipinski definition) is 4. The molecule has 0 radical (unpaired) electrons. The molecule has 0 aliphatic carbocycles. The van der Waals surface area contributed by atoms with E-state index in [0.717, 1.165) is 36.1 Å². The number of nitriles is 1. The zero-order chi connectivity index (χ0) is 12.3. The number of aromatic nitrogens is 1. The number of nitrogens with zero attached hydrogens (tertiary/aromatic N) is 3. The van der Waals surface area contributed by atoms with Crippen molar-refractivity contribution in [2.75, 3.05) is 25.5 Å². The van der Waals surface area contributed by atoms with Crippen LogP contribution in [0.1, 0.15) is 18.5 Å². The van der Waals surface area contributed by atoms with E-state index in [1.807, 2.05) is 6.07 Å². The first-order chi connectivity index (χ1) is 8.19. The molecule has 0 bridgehead atoms. The fraction of sp³-hybridized carbons (Fsp3) is 0.500. The average molecular weight is 295 g/mol. The molecular weight excluding hydrogens is 280 g/mol. The van der Waals surface area contributed by atoms with E-state index in [9.17, 15) is 0 Å². The molecule has 1 aromatic heterocycles. The molecule has 1 aromatic rings. The summed E-state index contributed by atoms with van der Waals surface area (Å²) in [5.41, 5.74) is 1.29. The van der Waals surface area contributed by atoms with Crippen LogP contribution in [0.15, 0.2) is 16.7 Å². The first kappa shape index (κ1) is 12.3. The molecule has 0 aromatic carbocycles. The first-order valence-corrected chi connectivity index (χ1v) is 6.49. The van der Waals surface area contributed by atoms with Gasteiger partial charge < -0.3 is 10.2 Å². The average Bonchev–Trinajstić information content (AvgIpc) is 2.32. The Hall–Kier alpha value is -1.12. The normalized spacial score (nSPS) is 17.7. The summed E-state index contributed by atoms with van der Waals surface area (Å²) in [7, 11) is 2.14. The minimum absolute atomic E-state index is 0.439. The Morgan fingerprint density at radius 1 is 1.53 bits per heavy atom. The van der Waals surface area contributed by atoms with Gasteiger partial charge in [0.25, 0.3) is 0 Å². The lowest BCUT2D eigenvalue weighted by Crippen LogP contribution is -2.36. The molecule has 1 fully saturated rings. The lowest BCUT2D eigenvalue weighted by molar-refractivity contribution is 0.264. The summed E-state index contributed by atoms with van der Waals surface area (Å²) in [6.45, 7) is 2.20. The number of likely N-dealkylation sites (tertiary alicyclic amines) is 1. The van der Waals surface area contributed by atoms with Crippen molar-refractivity contribution in [2.45, 2.75) is 18.9 Å². The largest absolute Gasteiger partial charge is 0.380 e. The van der Waals surface area contributed by atoms with Crippen LogP contribution in [0, 0.1) is 11.3 Å². The van der Waals surface area contributed by atoms with Crippen LogP contribution >= 0.6 is 15.9 Å². The van der Waals surface area contributed by atoms with E-state index in [0.29, 0.717) is 11.7 Å². The monoisotopic (exact) mass is 294 g/mol. The van der Waals surface area contributed by atoms with Crippen LogP contribution in [-0.4, -0.2) is 36.1 Å². The topological polar surface area (TPSA) is 52.0 Å². The summed E-state index contributed by atoms with van der Waals surface area (Å²) in [6.07, 6.45) is 3.86. The highest BCUT2D eigenvalue weighted by Gasteiger charge is 2.17. The zero-order valence-electron chi connectivity index (χ0n) is 9.78. The minimum Gasteiger partial charge on any atom is -0.380 e. The highest BCUT2D eigenvalue weighted by Crippen LogP contribution is 2.21. The Morgan fingerprint density at radius 2 is 2.24 bits per heavy atom. The van der Waals surface area contributed by atoms with Gasteiger partial charge in [-0.3, -0.25) is 0 Å².